The lowest BCUT2D eigenvalue weighted by Crippen LogP contribution is -2.24. The van der Waals surface area contributed by atoms with E-state index in [1.54, 1.807) is 12.1 Å². The van der Waals surface area contributed by atoms with Gasteiger partial charge in [0.15, 0.2) is 0 Å². The Morgan fingerprint density at radius 2 is 2.11 bits per heavy atom. The molecule has 2 atom stereocenters. The third-order valence-corrected chi connectivity index (χ3v) is 4.47. The minimum absolute atomic E-state index is 0.169. The zero-order valence-electron chi connectivity index (χ0n) is 11.2. The average Bonchev–Trinajstić information content (AvgIpc) is 2.64. The van der Waals surface area contributed by atoms with Crippen LogP contribution in [0.2, 0.25) is 0 Å². The van der Waals surface area contributed by atoms with Crippen molar-refractivity contribution in [2.45, 2.75) is 44.5 Å². The molecule has 0 amide bonds. The Morgan fingerprint density at radius 3 is 2.68 bits per heavy atom. The van der Waals surface area contributed by atoms with E-state index < -0.39 is 0 Å². The lowest BCUT2D eigenvalue weighted by molar-refractivity contribution is 0.222. The predicted octanol–water partition coefficient (Wildman–Crippen LogP) is 4.84. The number of alkyl halides is 1. The predicted molar refractivity (Wildman–Crippen MR) is 76.0 cm³/mol. The Kier molecular flexibility index (Phi) is 3.25. The number of hydrogen-bond donors (Lipinski definition) is 0. The lowest BCUT2D eigenvalue weighted by atomic mass is 9.80. The standard InChI is InChI=1S/C15H18ClFN2/c1-9(16)15-18-13-7-6-12(17)8-14(13)19(15)10(2)11-4-3-5-11/h6-11H,3-5H2,1-2H3. The Bertz CT molecular complexity index is 601. The Labute approximate surface area is 117 Å². The van der Waals surface area contributed by atoms with Crippen LogP contribution in [0.3, 0.4) is 0 Å². The summed E-state index contributed by atoms with van der Waals surface area (Å²) < 4.78 is 15.7. The van der Waals surface area contributed by atoms with Gasteiger partial charge in [0.1, 0.15) is 11.6 Å². The second kappa shape index (κ2) is 4.78. The van der Waals surface area contributed by atoms with Crippen molar-refractivity contribution in [3.63, 3.8) is 0 Å². The van der Waals surface area contributed by atoms with E-state index in [-0.39, 0.29) is 11.2 Å². The van der Waals surface area contributed by atoms with Crippen LogP contribution in [0.1, 0.15) is 50.4 Å². The molecule has 1 saturated carbocycles. The fourth-order valence-corrected chi connectivity index (χ4v) is 3.08. The molecular formula is C15H18ClFN2. The zero-order valence-corrected chi connectivity index (χ0v) is 12.0. The van der Waals surface area contributed by atoms with Crippen molar-refractivity contribution in [3.05, 3.63) is 29.8 Å². The fraction of sp³-hybridized carbons (Fsp3) is 0.533. The Hall–Kier alpha value is -1.09. The fourth-order valence-electron chi connectivity index (χ4n) is 2.93. The van der Waals surface area contributed by atoms with Crippen molar-refractivity contribution >= 4 is 22.6 Å². The molecule has 0 aliphatic heterocycles. The summed E-state index contributed by atoms with van der Waals surface area (Å²) in [4.78, 5) is 4.58. The average molecular weight is 281 g/mol. The van der Waals surface area contributed by atoms with Gasteiger partial charge >= 0.3 is 0 Å². The molecule has 1 heterocycles. The zero-order chi connectivity index (χ0) is 13.6. The minimum Gasteiger partial charge on any atom is -0.324 e. The Morgan fingerprint density at radius 1 is 1.37 bits per heavy atom. The summed E-state index contributed by atoms with van der Waals surface area (Å²) in [6.45, 7) is 4.11. The molecule has 1 aliphatic rings. The SMILES string of the molecule is CC(Cl)c1nc2ccc(F)cc2n1C(C)C1CCC1. The van der Waals surface area contributed by atoms with Gasteiger partial charge in [0.2, 0.25) is 0 Å². The molecule has 2 unspecified atom stereocenters. The maximum Gasteiger partial charge on any atom is 0.127 e. The van der Waals surface area contributed by atoms with Gasteiger partial charge in [-0.25, -0.2) is 9.37 Å². The summed E-state index contributed by atoms with van der Waals surface area (Å²) in [6, 6.07) is 5.09. The third kappa shape index (κ3) is 2.14. The molecule has 0 spiro atoms. The summed E-state index contributed by atoms with van der Waals surface area (Å²) >= 11 is 6.25. The van der Waals surface area contributed by atoms with Gasteiger partial charge in [-0.2, -0.15) is 0 Å². The molecule has 3 rings (SSSR count). The van der Waals surface area contributed by atoms with Crippen LogP contribution in [-0.4, -0.2) is 9.55 Å². The van der Waals surface area contributed by atoms with Crippen molar-refractivity contribution in [2.24, 2.45) is 5.92 Å². The van der Waals surface area contributed by atoms with Gasteiger partial charge in [0.05, 0.1) is 16.4 Å². The van der Waals surface area contributed by atoms with E-state index >= 15 is 0 Å². The summed E-state index contributed by atoms with van der Waals surface area (Å²) in [5.74, 6) is 1.29. The van der Waals surface area contributed by atoms with Crippen LogP contribution < -0.4 is 0 Å². The number of fused-ring (bicyclic) bond motifs is 1. The molecule has 1 aromatic carbocycles. The smallest absolute Gasteiger partial charge is 0.127 e. The molecule has 4 heteroatoms. The van der Waals surface area contributed by atoms with Crippen molar-refractivity contribution in [1.82, 2.24) is 9.55 Å². The van der Waals surface area contributed by atoms with Crippen LogP contribution >= 0.6 is 11.6 Å². The van der Waals surface area contributed by atoms with E-state index in [0.29, 0.717) is 12.0 Å². The van der Waals surface area contributed by atoms with E-state index in [2.05, 4.69) is 16.5 Å². The molecule has 2 nitrogen and oxygen atoms in total. The number of imidazole rings is 1. The summed E-state index contributed by atoms with van der Waals surface area (Å²) in [7, 11) is 0. The summed E-state index contributed by atoms with van der Waals surface area (Å²) in [5.41, 5.74) is 1.69. The van der Waals surface area contributed by atoms with Gasteiger partial charge in [-0.15, -0.1) is 11.6 Å². The number of halogens is 2. The molecule has 1 fully saturated rings. The lowest BCUT2D eigenvalue weighted by Gasteiger charge is -2.33. The molecular weight excluding hydrogens is 263 g/mol. The molecule has 0 N–H and O–H groups in total. The van der Waals surface area contributed by atoms with E-state index in [9.17, 15) is 4.39 Å². The van der Waals surface area contributed by atoms with Crippen molar-refractivity contribution < 1.29 is 4.39 Å². The highest BCUT2D eigenvalue weighted by atomic mass is 35.5. The number of rotatable bonds is 3. The highest BCUT2D eigenvalue weighted by molar-refractivity contribution is 6.20. The number of hydrogen-bond acceptors (Lipinski definition) is 1. The number of nitrogens with zero attached hydrogens (tertiary/aromatic N) is 2. The molecule has 0 saturated heterocycles. The second-order valence-electron chi connectivity index (χ2n) is 5.52. The molecule has 1 aliphatic carbocycles. The van der Waals surface area contributed by atoms with Crippen LogP contribution in [0.4, 0.5) is 4.39 Å². The first-order chi connectivity index (χ1) is 9.08. The van der Waals surface area contributed by atoms with Crippen molar-refractivity contribution in [1.29, 1.82) is 0 Å². The first kappa shape index (κ1) is 12.9. The quantitative estimate of drug-likeness (QED) is 0.736. The van der Waals surface area contributed by atoms with Crippen molar-refractivity contribution in [2.75, 3.05) is 0 Å². The van der Waals surface area contributed by atoms with Gasteiger partial charge in [-0.3, -0.25) is 0 Å². The van der Waals surface area contributed by atoms with Crippen LogP contribution in [0.25, 0.3) is 11.0 Å². The number of aromatic nitrogens is 2. The molecule has 0 radical (unpaired) electrons. The van der Waals surface area contributed by atoms with Crippen LogP contribution in [0.15, 0.2) is 18.2 Å². The normalized spacial score (nSPS) is 19.4. The van der Waals surface area contributed by atoms with E-state index in [0.717, 1.165) is 16.9 Å². The largest absolute Gasteiger partial charge is 0.324 e. The molecule has 2 aromatic rings. The monoisotopic (exact) mass is 280 g/mol. The second-order valence-corrected chi connectivity index (χ2v) is 6.18. The van der Waals surface area contributed by atoms with E-state index in [1.807, 2.05) is 6.92 Å². The van der Waals surface area contributed by atoms with Crippen LogP contribution in [0.5, 0.6) is 0 Å². The van der Waals surface area contributed by atoms with E-state index in [1.165, 1.54) is 25.3 Å². The van der Waals surface area contributed by atoms with Crippen molar-refractivity contribution in [3.8, 4) is 0 Å². The highest BCUT2D eigenvalue weighted by Crippen LogP contribution is 2.39. The first-order valence-electron chi connectivity index (χ1n) is 6.89. The van der Waals surface area contributed by atoms with Gasteiger partial charge < -0.3 is 4.57 Å². The summed E-state index contributed by atoms with van der Waals surface area (Å²) in [5, 5.41) is -0.169. The minimum atomic E-state index is -0.219. The highest BCUT2D eigenvalue weighted by Gasteiger charge is 2.29. The van der Waals surface area contributed by atoms with E-state index in [4.69, 9.17) is 11.6 Å². The molecule has 0 bridgehead atoms. The third-order valence-electron chi connectivity index (χ3n) is 4.27. The topological polar surface area (TPSA) is 17.8 Å². The van der Waals surface area contributed by atoms with Gasteiger partial charge in [-0.1, -0.05) is 6.42 Å². The van der Waals surface area contributed by atoms with Gasteiger partial charge in [0.25, 0.3) is 0 Å². The molecule has 102 valence electrons. The summed E-state index contributed by atoms with van der Waals surface area (Å²) in [6.07, 6.45) is 3.78. The van der Waals surface area contributed by atoms with Crippen LogP contribution in [-0.2, 0) is 0 Å². The first-order valence-corrected chi connectivity index (χ1v) is 7.33. The van der Waals surface area contributed by atoms with Crippen LogP contribution in [0, 0.1) is 11.7 Å². The molecule has 1 aromatic heterocycles. The van der Waals surface area contributed by atoms with Gasteiger partial charge in [-0.05, 0) is 50.8 Å². The number of benzene rings is 1. The maximum absolute atomic E-state index is 13.5. The van der Waals surface area contributed by atoms with Gasteiger partial charge in [0, 0.05) is 6.04 Å². The maximum atomic E-state index is 13.5. The molecule has 19 heavy (non-hydrogen) atoms. The Balaban J connectivity index is 2.17.